The van der Waals surface area contributed by atoms with Gasteiger partial charge in [0.25, 0.3) is 0 Å². The molecule has 1 aliphatic rings. The molecule has 0 aliphatic heterocycles. The first-order chi connectivity index (χ1) is 8.33. The van der Waals surface area contributed by atoms with Gasteiger partial charge in [-0.1, -0.05) is 0 Å². The molecule has 0 radical (unpaired) electrons. The van der Waals surface area contributed by atoms with Crippen LogP contribution in [0.5, 0.6) is 0 Å². The normalized spacial score (nSPS) is 14.6. The Hall–Kier alpha value is -1.42. The molecule has 2 aromatic heterocycles. The lowest BCUT2D eigenvalue weighted by molar-refractivity contribution is 0.0995. The summed E-state index contributed by atoms with van der Waals surface area (Å²) in [6.07, 6.45) is 8.62. The molecule has 0 aromatic carbocycles. The third kappa shape index (κ3) is 2.17. The Kier molecular flexibility index (Phi) is 2.81. The largest absolute Gasteiger partial charge is 0.348 e. The molecule has 0 saturated heterocycles. The van der Waals surface area contributed by atoms with E-state index in [0.717, 1.165) is 23.5 Å². The third-order valence-electron chi connectivity index (χ3n) is 3.15. The van der Waals surface area contributed by atoms with Gasteiger partial charge in [-0.25, -0.2) is 4.98 Å². The molecule has 1 N–H and O–H groups in total. The van der Waals surface area contributed by atoms with Gasteiger partial charge in [0.05, 0.1) is 11.3 Å². The van der Waals surface area contributed by atoms with Crippen molar-refractivity contribution in [2.24, 2.45) is 0 Å². The van der Waals surface area contributed by atoms with Crippen molar-refractivity contribution >= 4 is 17.1 Å². The van der Waals surface area contributed by atoms with Gasteiger partial charge in [-0.3, -0.25) is 4.79 Å². The Morgan fingerprint density at radius 3 is 3.06 bits per heavy atom. The summed E-state index contributed by atoms with van der Waals surface area (Å²) in [6, 6.07) is 2.09. The first-order valence-electron chi connectivity index (χ1n) is 5.96. The van der Waals surface area contributed by atoms with Gasteiger partial charge in [0.2, 0.25) is 0 Å². The van der Waals surface area contributed by atoms with Crippen LogP contribution in [0.4, 0.5) is 0 Å². The van der Waals surface area contributed by atoms with Crippen molar-refractivity contribution in [3.8, 4) is 0 Å². The fraction of sp³-hybridized carbons (Fsp3) is 0.385. The molecular weight excluding hydrogens is 232 g/mol. The maximum Gasteiger partial charge on any atom is 0.180 e. The number of aryl methyl sites for hydroxylation is 2. The summed E-state index contributed by atoms with van der Waals surface area (Å²) in [4.78, 5) is 21.5. The molecule has 3 nitrogen and oxygen atoms in total. The molecule has 0 spiro atoms. The van der Waals surface area contributed by atoms with Crippen molar-refractivity contribution in [2.75, 3.05) is 0 Å². The number of hydrogen-bond acceptors (Lipinski definition) is 3. The Bertz CT molecular complexity index is 504. The molecule has 0 unspecified atom stereocenters. The van der Waals surface area contributed by atoms with Crippen molar-refractivity contribution in [1.82, 2.24) is 9.97 Å². The van der Waals surface area contributed by atoms with Gasteiger partial charge in [-0.05, 0) is 37.3 Å². The molecule has 88 valence electrons. The number of rotatable bonds is 3. The van der Waals surface area contributed by atoms with Crippen LogP contribution in [0.3, 0.4) is 0 Å². The Labute approximate surface area is 104 Å². The standard InChI is InChI=1S/C13H14N2OS/c16-10(8-13-14-5-6-15-13)12-7-9-3-1-2-4-11(9)17-12/h5-7H,1-4,8H2,(H,14,15). The third-order valence-corrected chi connectivity index (χ3v) is 4.43. The first-order valence-corrected chi connectivity index (χ1v) is 6.77. The number of nitrogens with zero attached hydrogens (tertiary/aromatic N) is 1. The van der Waals surface area contributed by atoms with E-state index in [1.165, 1.54) is 23.3 Å². The lowest BCUT2D eigenvalue weighted by Crippen LogP contribution is -2.02. The number of nitrogens with one attached hydrogen (secondary N) is 1. The van der Waals surface area contributed by atoms with Crippen LogP contribution >= 0.6 is 11.3 Å². The van der Waals surface area contributed by atoms with E-state index in [-0.39, 0.29) is 5.78 Å². The highest BCUT2D eigenvalue weighted by Crippen LogP contribution is 2.30. The first kappa shape index (κ1) is 10.7. The number of fused-ring (bicyclic) bond motifs is 1. The van der Waals surface area contributed by atoms with Crippen LogP contribution in [-0.2, 0) is 19.3 Å². The second-order valence-electron chi connectivity index (χ2n) is 4.40. The zero-order valence-electron chi connectivity index (χ0n) is 9.53. The van der Waals surface area contributed by atoms with Crippen LogP contribution in [0.1, 0.15) is 38.8 Å². The molecule has 2 heterocycles. The lowest BCUT2D eigenvalue weighted by atomic mass is 9.99. The zero-order chi connectivity index (χ0) is 11.7. The summed E-state index contributed by atoms with van der Waals surface area (Å²) in [5.41, 5.74) is 1.39. The van der Waals surface area contributed by atoms with Gasteiger partial charge in [0.15, 0.2) is 5.78 Å². The number of ketones is 1. The fourth-order valence-corrected chi connectivity index (χ4v) is 3.45. The highest BCUT2D eigenvalue weighted by molar-refractivity contribution is 7.14. The van der Waals surface area contributed by atoms with Crippen molar-refractivity contribution in [2.45, 2.75) is 32.1 Å². The second-order valence-corrected chi connectivity index (χ2v) is 5.54. The van der Waals surface area contributed by atoms with Gasteiger partial charge in [-0.15, -0.1) is 11.3 Å². The molecule has 17 heavy (non-hydrogen) atoms. The van der Waals surface area contributed by atoms with Gasteiger partial charge < -0.3 is 4.98 Å². The Morgan fingerprint density at radius 2 is 2.29 bits per heavy atom. The van der Waals surface area contributed by atoms with Gasteiger partial charge in [0, 0.05) is 17.3 Å². The zero-order valence-corrected chi connectivity index (χ0v) is 10.3. The minimum atomic E-state index is 0.180. The van der Waals surface area contributed by atoms with E-state index in [1.807, 2.05) is 0 Å². The van der Waals surface area contributed by atoms with E-state index in [2.05, 4.69) is 16.0 Å². The average Bonchev–Trinajstić information content (AvgIpc) is 2.96. The van der Waals surface area contributed by atoms with E-state index in [0.29, 0.717) is 6.42 Å². The van der Waals surface area contributed by atoms with E-state index >= 15 is 0 Å². The van der Waals surface area contributed by atoms with Crippen molar-refractivity contribution < 1.29 is 4.79 Å². The van der Waals surface area contributed by atoms with Crippen LogP contribution in [0, 0.1) is 0 Å². The summed E-state index contributed by atoms with van der Waals surface area (Å²) in [5.74, 6) is 0.931. The molecule has 2 aromatic rings. The van der Waals surface area contributed by atoms with E-state index < -0.39 is 0 Å². The van der Waals surface area contributed by atoms with Crippen LogP contribution < -0.4 is 0 Å². The number of carbonyl (C=O) groups is 1. The second kappa shape index (κ2) is 4.45. The number of H-pyrrole nitrogens is 1. The van der Waals surface area contributed by atoms with E-state index in [4.69, 9.17) is 0 Å². The van der Waals surface area contributed by atoms with E-state index in [9.17, 15) is 4.79 Å². The maximum atomic E-state index is 12.1. The van der Waals surface area contributed by atoms with Gasteiger partial charge >= 0.3 is 0 Å². The average molecular weight is 246 g/mol. The van der Waals surface area contributed by atoms with Crippen LogP contribution in [-0.4, -0.2) is 15.8 Å². The van der Waals surface area contributed by atoms with Gasteiger partial charge in [0.1, 0.15) is 5.82 Å². The summed E-state index contributed by atoms with van der Waals surface area (Å²) < 4.78 is 0. The Morgan fingerprint density at radius 1 is 1.41 bits per heavy atom. The number of Topliss-reactive ketones (excluding diaryl/α,β-unsaturated/α-hetero) is 1. The van der Waals surface area contributed by atoms with E-state index in [1.54, 1.807) is 23.7 Å². The topological polar surface area (TPSA) is 45.8 Å². The molecular formula is C13H14N2OS. The monoisotopic (exact) mass is 246 g/mol. The molecule has 4 heteroatoms. The molecule has 1 aliphatic carbocycles. The minimum Gasteiger partial charge on any atom is -0.348 e. The fourth-order valence-electron chi connectivity index (χ4n) is 2.26. The number of carbonyl (C=O) groups excluding carboxylic acids is 1. The molecule has 0 bridgehead atoms. The van der Waals surface area contributed by atoms with Crippen molar-refractivity contribution in [3.63, 3.8) is 0 Å². The van der Waals surface area contributed by atoms with Crippen LogP contribution in [0.15, 0.2) is 18.5 Å². The quantitative estimate of drug-likeness (QED) is 0.846. The number of hydrogen-bond donors (Lipinski definition) is 1. The lowest BCUT2D eigenvalue weighted by Gasteiger charge is -2.08. The Balaban J connectivity index is 1.79. The minimum absolute atomic E-state index is 0.180. The summed E-state index contributed by atoms with van der Waals surface area (Å²) in [5, 5.41) is 0. The SMILES string of the molecule is O=C(Cc1ncc[nH]1)c1cc2c(s1)CCCC2. The molecule has 0 saturated carbocycles. The number of thiophene rings is 1. The van der Waals surface area contributed by atoms with Gasteiger partial charge in [-0.2, -0.15) is 0 Å². The van der Waals surface area contributed by atoms with Crippen molar-refractivity contribution in [1.29, 1.82) is 0 Å². The summed E-state index contributed by atoms with van der Waals surface area (Å²) >= 11 is 1.67. The number of aromatic amines is 1. The summed E-state index contributed by atoms with van der Waals surface area (Å²) in [6.45, 7) is 0. The molecule has 0 atom stereocenters. The molecule has 3 rings (SSSR count). The molecule has 0 amide bonds. The van der Waals surface area contributed by atoms with Crippen LogP contribution in [0.25, 0.3) is 0 Å². The van der Waals surface area contributed by atoms with Crippen molar-refractivity contribution in [3.05, 3.63) is 39.6 Å². The highest BCUT2D eigenvalue weighted by Gasteiger charge is 2.17. The highest BCUT2D eigenvalue weighted by atomic mass is 32.1. The number of imidazole rings is 1. The number of aromatic nitrogens is 2. The maximum absolute atomic E-state index is 12.1. The predicted octanol–water partition coefficient (Wildman–Crippen LogP) is 2.78. The smallest absolute Gasteiger partial charge is 0.180 e. The van der Waals surface area contributed by atoms with Crippen LogP contribution in [0.2, 0.25) is 0 Å². The molecule has 0 fully saturated rings. The predicted molar refractivity (Wildman–Crippen MR) is 67.6 cm³/mol. The summed E-state index contributed by atoms with van der Waals surface area (Å²) in [7, 11) is 0.